The van der Waals surface area contributed by atoms with E-state index in [1.54, 1.807) is 12.3 Å². The van der Waals surface area contributed by atoms with E-state index < -0.39 is 18.0 Å². The van der Waals surface area contributed by atoms with Gasteiger partial charge in [-0.1, -0.05) is 0 Å². The Balaban J connectivity index is 1.16. The van der Waals surface area contributed by atoms with Gasteiger partial charge in [0, 0.05) is 30.7 Å². The Labute approximate surface area is 199 Å². The minimum absolute atomic E-state index is 0.0452. The van der Waals surface area contributed by atoms with Crippen LogP contribution in [0.2, 0.25) is 0 Å². The Bertz CT molecular complexity index is 1250. The van der Waals surface area contributed by atoms with Crippen molar-refractivity contribution >= 4 is 22.8 Å². The maximum Gasteiger partial charge on any atom is 0.263 e. The lowest BCUT2D eigenvalue weighted by molar-refractivity contribution is -0.118. The van der Waals surface area contributed by atoms with Crippen LogP contribution in [-0.4, -0.2) is 57.8 Å². The number of hydrogen-bond acceptors (Lipinski definition) is 9. The molecule has 1 aliphatic carbocycles. The van der Waals surface area contributed by atoms with Crippen LogP contribution in [0, 0.1) is 5.82 Å². The first-order valence-electron chi connectivity index (χ1n) is 11.4. The van der Waals surface area contributed by atoms with Gasteiger partial charge in [0.05, 0.1) is 30.7 Å². The molecule has 5 rings (SSSR count). The van der Waals surface area contributed by atoms with Gasteiger partial charge in [0.25, 0.3) is 11.8 Å². The van der Waals surface area contributed by atoms with E-state index in [9.17, 15) is 13.6 Å². The van der Waals surface area contributed by atoms with Crippen molar-refractivity contribution in [3.8, 4) is 11.8 Å². The Kier molecular flexibility index (Phi) is 6.64. The summed E-state index contributed by atoms with van der Waals surface area (Å²) in [5.74, 6) is 0.164. The smallest absolute Gasteiger partial charge is 0.263 e. The van der Waals surface area contributed by atoms with Gasteiger partial charge in [0.1, 0.15) is 17.5 Å². The second-order valence-corrected chi connectivity index (χ2v) is 8.55. The highest BCUT2D eigenvalue weighted by atomic mass is 19.1. The molecule has 1 amide bonds. The third-order valence-electron chi connectivity index (χ3n) is 6.22. The number of aromatic nitrogens is 4. The quantitative estimate of drug-likeness (QED) is 0.461. The third kappa shape index (κ3) is 5.13. The second kappa shape index (κ2) is 10.0. The van der Waals surface area contributed by atoms with E-state index in [0.717, 1.165) is 6.42 Å². The van der Waals surface area contributed by atoms with Crippen molar-refractivity contribution in [3.63, 3.8) is 0 Å². The zero-order valence-corrected chi connectivity index (χ0v) is 19.1. The minimum atomic E-state index is -1.11. The number of hydrogen-bond donors (Lipinski definition) is 3. The summed E-state index contributed by atoms with van der Waals surface area (Å²) in [6.07, 6.45) is 3.56. The molecule has 1 fully saturated rings. The Morgan fingerprint density at radius 3 is 2.89 bits per heavy atom. The Morgan fingerprint density at radius 1 is 1.17 bits per heavy atom. The van der Waals surface area contributed by atoms with E-state index in [1.807, 2.05) is 0 Å². The number of carbonyl (C=O) groups is 1. The van der Waals surface area contributed by atoms with Crippen LogP contribution in [0.25, 0.3) is 11.0 Å². The number of rotatable bonds is 7. The van der Waals surface area contributed by atoms with Crippen LogP contribution < -0.4 is 25.4 Å². The number of ether oxygens (including phenoxy) is 2. The van der Waals surface area contributed by atoms with Crippen LogP contribution in [0.15, 0.2) is 24.5 Å². The first-order chi connectivity index (χ1) is 17.0. The maximum atomic E-state index is 15.0. The average Bonchev–Trinajstić information content (AvgIpc) is 2.87. The maximum absolute atomic E-state index is 15.0. The van der Waals surface area contributed by atoms with Crippen LogP contribution in [0.4, 0.5) is 14.6 Å². The molecule has 3 heterocycles. The van der Waals surface area contributed by atoms with Crippen molar-refractivity contribution in [1.29, 1.82) is 0 Å². The van der Waals surface area contributed by atoms with E-state index in [2.05, 4.69) is 35.9 Å². The normalized spacial score (nSPS) is 21.8. The predicted octanol–water partition coefficient (Wildman–Crippen LogP) is 2.04. The summed E-state index contributed by atoms with van der Waals surface area (Å²) >= 11 is 0. The number of nitrogens with zero attached hydrogens (tertiary/aromatic N) is 4. The largest absolute Gasteiger partial charge is 0.480 e. The van der Waals surface area contributed by atoms with Crippen molar-refractivity contribution in [1.82, 2.24) is 30.6 Å². The topological polar surface area (TPSA) is 123 Å². The molecular weight excluding hydrogens is 460 g/mol. The zero-order valence-electron chi connectivity index (χ0n) is 19.1. The highest BCUT2D eigenvalue weighted by Gasteiger charge is 2.30. The highest BCUT2D eigenvalue weighted by molar-refractivity contribution is 5.93. The van der Waals surface area contributed by atoms with Crippen LogP contribution in [0.5, 0.6) is 11.8 Å². The van der Waals surface area contributed by atoms with Gasteiger partial charge in [-0.25, -0.2) is 28.7 Å². The van der Waals surface area contributed by atoms with Crippen molar-refractivity contribution in [2.24, 2.45) is 0 Å². The number of methoxy groups -OCH3 is 1. The molecule has 0 saturated heterocycles. The fraction of sp³-hybridized carbons (Fsp3) is 0.435. The number of amides is 1. The summed E-state index contributed by atoms with van der Waals surface area (Å²) < 4.78 is 39.9. The van der Waals surface area contributed by atoms with Gasteiger partial charge in [0.2, 0.25) is 5.88 Å². The number of fused-ring (bicyclic) bond motifs is 2. The Morgan fingerprint density at radius 2 is 2.06 bits per heavy atom. The standard InChI is InChI=1S/C23H25F2N7O3/c1-34-20-10-28-18-5-3-15(24)14(21(18)32-20)9-27-17-4-2-12(6-16(17)25)26-7-13-8-29-23-22(30-13)31-19(33)11-35-23/h3,5,8,10,12,16-17,26-27H,2,4,6-7,9,11H2,1H3,(H,30,31,33)/t12-,16+,17-/m1/s1. The van der Waals surface area contributed by atoms with Crippen LogP contribution >= 0.6 is 0 Å². The van der Waals surface area contributed by atoms with Gasteiger partial charge in [-0.15, -0.1) is 0 Å². The summed E-state index contributed by atoms with van der Waals surface area (Å²) in [5, 5.41) is 9.10. The number of carbonyl (C=O) groups excluding carboxylic acids is 1. The molecule has 0 radical (unpaired) electrons. The molecule has 1 aromatic carbocycles. The van der Waals surface area contributed by atoms with Crippen LogP contribution in [0.1, 0.15) is 30.5 Å². The fourth-order valence-corrected chi connectivity index (χ4v) is 4.36. The van der Waals surface area contributed by atoms with Crippen LogP contribution in [0.3, 0.4) is 0 Å². The van der Waals surface area contributed by atoms with Crippen molar-refractivity contribution in [3.05, 3.63) is 41.6 Å². The van der Waals surface area contributed by atoms with E-state index >= 15 is 0 Å². The molecule has 1 aliphatic heterocycles. The molecular formula is C23H25F2N7O3. The van der Waals surface area contributed by atoms with E-state index in [4.69, 9.17) is 9.47 Å². The molecule has 3 atom stereocenters. The molecule has 1 saturated carbocycles. The lowest BCUT2D eigenvalue weighted by Gasteiger charge is -2.33. The van der Waals surface area contributed by atoms with Gasteiger partial charge in [-0.3, -0.25) is 4.79 Å². The summed E-state index contributed by atoms with van der Waals surface area (Å²) in [5.41, 5.74) is 1.90. The van der Waals surface area contributed by atoms with Crippen molar-refractivity contribution in [2.45, 2.75) is 50.6 Å². The lowest BCUT2D eigenvalue weighted by Crippen LogP contribution is -2.46. The zero-order chi connectivity index (χ0) is 24.4. The molecule has 0 bridgehead atoms. The number of benzene rings is 1. The number of alkyl halides is 1. The minimum Gasteiger partial charge on any atom is -0.480 e. The van der Waals surface area contributed by atoms with Crippen molar-refractivity contribution in [2.75, 3.05) is 19.0 Å². The van der Waals surface area contributed by atoms with E-state index in [0.29, 0.717) is 47.5 Å². The lowest BCUT2D eigenvalue weighted by atomic mass is 9.89. The molecule has 3 aromatic rings. The van der Waals surface area contributed by atoms with Gasteiger partial charge in [-0.05, 0) is 31.4 Å². The molecule has 3 N–H and O–H groups in total. The molecule has 0 unspecified atom stereocenters. The van der Waals surface area contributed by atoms with E-state index in [-0.39, 0.29) is 36.9 Å². The molecule has 35 heavy (non-hydrogen) atoms. The fourth-order valence-electron chi connectivity index (χ4n) is 4.36. The Hall–Kier alpha value is -3.51. The van der Waals surface area contributed by atoms with Crippen molar-refractivity contribution < 1.29 is 23.0 Å². The van der Waals surface area contributed by atoms with Gasteiger partial charge >= 0.3 is 0 Å². The first-order valence-corrected chi connectivity index (χ1v) is 11.4. The molecule has 2 aromatic heterocycles. The van der Waals surface area contributed by atoms with E-state index in [1.165, 1.54) is 19.4 Å². The third-order valence-corrected chi connectivity index (χ3v) is 6.22. The molecule has 10 nitrogen and oxygen atoms in total. The number of anilines is 1. The molecule has 184 valence electrons. The highest BCUT2D eigenvalue weighted by Crippen LogP contribution is 2.26. The van der Waals surface area contributed by atoms with Crippen LogP contribution in [-0.2, 0) is 17.9 Å². The predicted molar refractivity (Wildman–Crippen MR) is 122 cm³/mol. The van der Waals surface area contributed by atoms with Gasteiger partial charge in [0.15, 0.2) is 12.4 Å². The summed E-state index contributed by atoms with van der Waals surface area (Å²) in [4.78, 5) is 28.5. The molecule has 2 aliphatic rings. The molecule has 0 spiro atoms. The van der Waals surface area contributed by atoms with Gasteiger partial charge in [-0.2, -0.15) is 0 Å². The van der Waals surface area contributed by atoms with Gasteiger partial charge < -0.3 is 25.4 Å². The molecule has 12 heteroatoms. The monoisotopic (exact) mass is 485 g/mol. The SMILES string of the molecule is COc1cnc2ccc(F)c(CN[C@@H]3CC[C@@H](NCc4cnc5c(n4)NC(=O)CO5)C[C@@H]3F)c2n1. The summed E-state index contributed by atoms with van der Waals surface area (Å²) in [7, 11) is 1.47. The number of halogens is 2. The number of nitrogens with one attached hydrogen (secondary N) is 3. The average molecular weight is 485 g/mol. The second-order valence-electron chi connectivity index (χ2n) is 8.55. The summed E-state index contributed by atoms with van der Waals surface area (Å²) in [6.45, 7) is 0.434. The summed E-state index contributed by atoms with van der Waals surface area (Å²) in [6, 6.07) is 2.45. The first kappa shape index (κ1) is 23.2.